The number of ether oxygens (including phenoxy) is 2. The average Bonchev–Trinajstić information content (AvgIpc) is 3.26. The van der Waals surface area contributed by atoms with Crippen molar-refractivity contribution in [2.75, 3.05) is 7.11 Å². The predicted octanol–water partition coefficient (Wildman–Crippen LogP) is 5.90. The lowest BCUT2D eigenvalue weighted by atomic mass is 9.95. The number of hydrogen-bond donors (Lipinski definition) is 0. The largest absolute Gasteiger partial charge is 0.487 e. The van der Waals surface area contributed by atoms with Crippen molar-refractivity contribution in [1.29, 1.82) is 0 Å². The fourth-order valence-electron chi connectivity index (χ4n) is 4.50. The zero-order valence-electron chi connectivity index (χ0n) is 21.2. The molecule has 9 heteroatoms. The number of benzene rings is 3. The Hall–Kier alpha value is -3.27. The second kappa shape index (κ2) is 11.9. The summed E-state index contributed by atoms with van der Waals surface area (Å²) in [5.41, 5.74) is 3.47. The van der Waals surface area contributed by atoms with Crippen molar-refractivity contribution < 1.29 is 14.3 Å². The van der Waals surface area contributed by atoms with Crippen molar-refractivity contribution in [2.45, 2.75) is 26.0 Å². The monoisotopic (exact) mass is 666 g/mol. The first kappa shape index (κ1) is 27.3. The van der Waals surface area contributed by atoms with Gasteiger partial charge in [0, 0.05) is 0 Å². The summed E-state index contributed by atoms with van der Waals surface area (Å²) in [5, 5.41) is 0. The Morgan fingerprint density at radius 3 is 2.31 bits per heavy atom. The molecule has 0 radical (unpaired) electrons. The first-order chi connectivity index (χ1) is 18.9. The quantitative estimate of drug-likeness (QED) is 0.230. The number of methoxy groups -OCH3 is 1. The van der Waals surface area contributed by atoms with Gasteiger partial charge in [0.15, 0.2) is 4.80 Å². The molecule has 0 spiro atoms. The Morgan fingerprint density at radius 2 is 1.69 bits per heavy atom. The van der Waals surface area contributed by atoms with Crippen LogP contribution in [0.2, 0.25) is 0 Å². The van der Waals surface area contributed by atoms with Crippen LogP contribution in [0.15, 0.2) is 103 Å². The Morgan fingerprint density at radius 1 is 1.05 bits per heavy atom. The molecular formula is C30H24Br2N2O4S. The van der Waals surface area contributed by atoms with E-state index in [0.717, 1.165) is 25.6 Å². The summed E-state index contributed by atoms with van der Waals surface area (Å²) < 4.78 is 14.8. The second-order valence-corrected chi connectivity index (χ2v) is 11.5. The van der Waals surface area contributed by atoms with Crippen molar-refractivity contribution in [1.82, 2.24) is 4.57 Å². The van der Waals surface area contributed by atoms with E-state index in [1.54, 1.807) is 4.57 Å². The number of rotatable bonds is 7. The van der Waals surface area contributed by atoms with Gasteiger partial charge in [0.1, 0.15) is 12.4 Å². The average molecular weight is 668 g/mol. The molecule has 5 rings (SSSR count). The third-order valence-electron chi connectivity index (χ3n) is 6.31. The van der Waals surface area contributed by atoms with Gasteiger partial charge in [0.2, 0.25) is 0 Å². The molecule has 198 valence electrons. The minimum Gasteiger partial charge on any atom is -0.487 e. The highest BCUT2D eigenvalue weighted by atomic mass is 79.9. The van der Waals surface area contributed by atoms with E-state index in [4.69, 9.17) is 14.5 Å². The minimum atomic E-state index is -0.626. The second-order valence-electron chi connectivity index (χ2n) is 8.79. The number of halogens is 2. The standard InChI is InChI=1S/C30H24Br2N2O4S/c1-3-23-25(29(36)37-2)26(20-12-8-5-9-13-20)34-28(35)24(39-30(34)33-23)16-19-14-21(31)27(22(32)15-19)38-17-18-10-6-4-7-11-18/h4-16,26H,3,17H2,1-2H3/b24-16-/t26-/m1/s1. The molecule has 0 aliphatic carbocycles. The lowest BCUT2D eigenvalue weighted by Gasteiger charge is -2.25. The van der Waals surface area contributed by atoms with Crippen LogP contribution in [0, 0.1) is 0 Å². The van der Waals surface area contributed by atoms with Crippen molar-refractivity contribution in [3.63, 3.8) is 0 Å². The Kier molecular flexibility index (Phi) is 8.30. The molecule has 0 N–H and O–H groups in total. The molecule has 0 amide bonds. The van der Waals surface area contributed by atoms with Crippen LogP contribution in [0.25, 0.3) is 6.08 Å². The molecule has 1 aromatic heterocycles. The molecule has 39 heavy (non-hydrogen) atoms. The molecule has 0 bridgehead atoms. The molecule has 1 aliphatic rings. The molecule has 0 saturated carbocycles. The molecule has 1 aliphatic heterocycles. The minimum absolute atomic E-state index is 0.221. The zero-order chi connectivity index (χ0) is 27.5. The molecule has 0 saturated heterocycles. The lowest BCUT2D eigenvalue weighted by molar-refractivity contribution is -0.136. The van der Waals surface area contributed by atoms with Crippen LogP contribution in [0.3, 0.4) is 0 Å². The van der Waals surface area contributed by atoms with Gasteiger partial charge in [-0.3, -0.25) is 9.36 Å². The van der Waals surface area contributed by atoms with Crippen molar-refractivity contribution >= 4 is 55.2 Å². The van der Waals surface area contributed by atoms with Crippen molar-refractivity contribution in [2.24, 2.45) is 4.99 Å². The van der Waals surface area contributed by atoms with E-state index in [1.807, 2.05) is 85.8 Å². The van der Waals surface area contributed by atoms with E-state index in [0.29, 0.717) is 39.4 Å². The van der Waals surface area contributed by atoms with E-state index in [9.17, 15) is 9.59 Å². The fraction of sp³-hybridized carbons (Fsp3) is 0.167. The van der Waals surface area contributed by atoms with Gasteiger partial charge in [-0.2, -0.15) is 0 Å². The van der Waals surface area contributed by atoms with Crippen LogP contribution in [0.4, 0.5) is 0 Å². The van der Waals surface area contributed by atoms with Gasteiger partial charge in [-0.05, 0) is 73.2 Å². The number of thiazole rings is 1. The van der Waals surface area contributed by atoms with Crippen LogP contribution < -0.4 is 19.6 Å². The smallest absolute Gasteiger partial charge is 0.338 e. The molecular weight excluding hydrogens is 644 g/mol. The molecule has 1 atom stereocenters. The fourth-order valence-corrected chi connectivity index (χ4v) is 6.97. The van der Waals surface area contributed by atoms with Crippen LogP contribution in [0.5, 0.6) is 5.75 Å². The Labute approximate surface area is 246 Å². The van der Waals surface area contributed by atoms with E-state index in [-0.39, 0.29) is 5.56 Å². The van der Waals surface area contributed by atoms with Crippen molar-refractivity contribution in [3.8, 4) is 5.75 Å². The van der Waals surface area contributed by atoms with Crippen LogP contribution >= 0.6 is 43.2 Å². The highest BCUT2D eigenvalue weighted by molar-refractivity contribution is 9.11. The molecule has 3 aromatic carbocycles. The third kappa shape index (κ3) is 5.57. The maximum atomic E-state index is 13.8. The summed E-state index contributed by atoms with van der Waals surface area (Å²) in [5.74, 6) is 0.189. The summed E-state index contributed by atoms with van der Waals surface area (Å²) in [7, 11) is 1.35. The van der Waals surface area contributed by atoms with Crippen LogP contribution in [0.1, 0.15) is 36.1 Å². The Bertz CT molecular complexity index is 1720. The number of carbonyl (C=O) groups is 1. The first-order valence-electron chi connectivity index (χ1n) is 12.2. The molecule has 4 aromatic rings. The highest BCUT2D eigenvalue weighted by Gasteiger charge is 2.33. The zero-order valence-corrected chi connectivity index (χ0v) is 25.2. The van der Waals surface area contributed by atoms with E-state index in [2.05, 4.69) is 31.9 Å². The highest BCUT2D eigenvalue weighted by Crippen LogP contribution is 2.36. The topological polar surface area (TPSA) is 69.9 Å². The molecule has 6 nitrogen and oxygen atoms in total. The number of hydrogen-bond acceptors (Lipinski definition) is 6. The summed E-state index contributed by atoms with van der Waals surface area (Å²) in [6.45, 7) is 2.37. The number of allylic oxidation sites excluding steroid dienone is 1. The van der Waals surface area contributed by atoms with Gasteiger partial charge in [-0.25, -0.2) is 9.79 Å². The van der Waals surface area contributed by atoms with Crippen LogP contribution in [-0.2, 0) is 16.1 Å². The number of fused-ring (bicyclic) bond motifs is 1. The van der Waals surface area contributed by atoms with E-state index >= 15 is 0 Å². The van der Waals surface area contributed by atoms with Crippen LogP contribution in [-0.4, -0.2) is 17.6 Å². The van der Waals surface area contributed by atoms with Gasteiger partial charge < -0.3 is 9.47 Å². The number of aromatic nitrogens is 1. The Balaban J connectivity index is 1.58. The van der Waals surface area contributed by atoms with Gasteiger partial charge in [0.25, 0.3) is 5.56 Å². The maximum Gasteiger partial charge on any atom is 0.338 e. The summed E-state index contributed by atoms with van der Waals surface area (Å²) in [6.07, 6.45) is 2.36. The van der Waals surface area contributed by atoms with E-state index in [1.165, 1.54) is 18.4 Å². The summed E-state index contributed by atoms with van der Waals surface area (Å²) >= 11 is 8.54. The normalized spacial score (nSPS) is 15.1. The predicted molar refractivity (Wildman–Crippen MR) is 159 cm³/mol. The summed E-state index contributed by atoms with van der Waals surface area (Å²) in [4.78, 5) is 32.0. The SMILES string of the molecule is CCC1=C(C(=O)OC)[C@@H](c2ccccc2)n2c(s/c(=C\c3cc(Br)c(OCc4ccccc4)c(Br)c3)c2=O)=N1. The molecule has 2 heterocycles. The van der Waals surface area contributed by atoms with Crippen molar-refractivity contribution in [3.05, 3.63) is 129 Å². The first-order valence-corrected chi connectivity index (χ1v) is 14.6. The lowest BCUT2D eigenvalue weighted by Crippen LogP contribution is -2.40. The number of carbonyl (C=O) groups excluding carboxylic acids is 1. The molecule has 0 fully saturated rings. The maximum absolute atomic E-state index is 13.8. The van der Waals surface area contributed by atoms with Gasteiger partial charge in [0.05, 0.1) is 37.9 Å². The van der Waals surface area contributed by atoms with E-state index < -0.39 is 12.0 Å². The number of nitrogens with zero attached hydrogens (tertiary/aromatic N) is 2. The number of esters is 1. The third-order valence-corrected chi connectivity index (χ3v) is 8.47. The van der Waals surface area contributed by atoms with Gasteiger partial charge in [-0.15, -0.1) is 0 Å². The van der Waals surface area contributed by atoms with Gasteiger partial charge >= 0.3 is 5.97 Å². The molecule has 0 unspecified atom stereocenters. The summed E-state index contributed by atoms with van der Waals surface area (Å²) in [6, 6.07) is 22.6. The van der Waals surface area contributed by atoms with Gasteiger partial charge in [-0.1, -0.05) is 78.9 Å².